The van der Waals surface area contributed by atoms with E-state index >= 15 is 0 Å². The number of carboxylic acids is 1. The molecule has 1 aliphatic heterocycles. The van der Waals surface area contributed by atoms with E-state index in [1.54, 1.807) is 0 Å². The van der Waals surface area contributed by atoms with Crippen molar-refractivity contribution in [1.82, 2.24) is 4.90 Å². The number of anilines is 1. The Labute approximate surface area is 162 Å². The minimum atomic E-state index is -1.13. The fourth-order valence-corrected chi connectivity index (χ4v) is 2.66. The summed E-state index contributed by atoms with van der Waals surface area (Å²) >= 11 is 0. The summed E-state index contributed by atoms with van der Waals surface area (Å²) in [6.07, 6.45) is 0. The Kier molecular flexibility index (Phi) is 5.21. The van der Waals surface area contributed by atoms with Crippen molar-refractivity contribution >= 4 is 35.1 Å². The van der Waals surface area contributed by atoms with Gasteiger partial charge in [0.05, 0.1) is 16.1 Å². The highest BCUT2D eigenvalue weighted by Crippen LogP contribution is 2.26. The Morgan fingerprint density at radius 1 is 1.07 bits per heavy atom. The van der Waals surface area contributed by atoms with Crippen LogP contribution in [0.3, 0.4) is 0 Å². The number of rotatable bonds is 7. The number of carbonyl (C=O) groups excluding carboxylic acids is 3. The van der Waals surface area contributed by atoms with Gasteiger partial charge in [-0.2, -0.15) is 0 Å². The zero-order chi connectivity index (χ0) is 21.1. The molecule has 29 heavy (non-hydrogen) atoms. The summed E-state index contributed by atoms with van der Waals surface area (Å²) in [6.45, 7) is -1.08. The number of nitrogens with one attached hydrogen (secondary N) is 1. The van der Waals surface area contributed by atoms with Gasteiger partial charge in [0.1, 0.15) is 12.3 Å². The monoisotopic (exact) mass is 399 g/mol. The summed E-state index contributed by atoms with van der Waals surface area (Å²) in [7, 11) is 0. The molecule has 0 aromatic heterocycles. The topological polar surface area (TPSA) is 156 Å². The van der Waals surface area contributed by atoms with Crippen LogP contribution in [0.2, 0.25) is 0 Å². The average Bonchev–Trinajstić information content (AvgIpc) is 2.91. The van der Waals surface area contributed by atoms with Crippen molar-refractivity contribution in [3.63, 3.8) is 0 Å². The van der Waals surface area contributed by atoms with Gasteiger partial charge in [-0.3, -0.25) is 29.4 Å². The van der Waals surface area contributed by atoms with Gasteiger partial charge in [0.2, 0.25) is 5.91 Å². The molecule has 2 aromatic carbocycles. The van der Waals surface area contributed by atoms with Crippen molar-refractivity contribution in [2.24, 2.45) is 0 Å². The van der Waals surface area contributed by atoms with Crippen LogP contribution in [0, 0.1) is 10.1 Å². The molecule has 0 atom stereocenters. The van der Waals surface area contributed by atoms with Crippen molar-refractivity contribution in [1.29, 1.82) is 0 Å². The molecule has 0 aliphatic carbocycles. The van der Waals surface area contributed by atoms with Crippen LogP contribution >= 0.6 is 0 Å². The molecule has 3 rings (SSSR count). The zero-order valence-electron chi connectivity index (χ0n) is 14.7. The quantitative estimate of drug-likeness (QED) is 0.401. The minimum absolute atomic E-state index is 0.00617. The number of nitro benzene ring substituents is 1. The molecular weight excluding hydrogens is 386 g/mol. The van der Waals surface area contributed by atoms with Gasteiger partial charge in [-0.1, -0.05) is 0 Å². The molecule has 3 amide bonds. The number of non-ortho nitro benzene ring substituents is 1. The van der Waals surface area contributed by atoms with Crippen molar-refractivity contribution < 1.29 is 33.9 Å². The van der Waals surface area contributed by atoms with E-state index in [2.05, 4.69) is 5.32 Å². The maximum atomic E-state index is 12.4. The van der Waals surface area contributed by atoms with Crippen molar-refractivity contribution in [3.8, 4) is 5.75 Å². The van der Waals surface area contributed by atoms with Crippen LogP contribution in [0.1, 0.15) is 20.7 Å². The normalized spacial score (nSPS) is 12.5. The molecule has 0 radical (unpaired) electrons. The number of hydrogen-bond acceptors (Lipinski definition) is 7. The highest BCUT2D eigenvalue weighted by atomic mass is 16.6. The Balaban J connectivity index is 1.65. The molecule has 0 saturated carbocycles. The molecule has 0 spiro atoms. The molecule has 2 N–H and O–H groups in total. The standard InChI is InChI=1S/C18H13N3O8/c22-15(19-10-1-4-12(5-2-10)29-9-16(23)24)8-20-17(25)13-6-3-11(21(27)28)7-14(13)18(20)26/h1-7H,8-9H2,(H,19,22)(H,23,24). The Bertz CT molecular complexity index is 1030. The van der Waals surface area contributed by atoms with E-state index in [-0.39, 0.29) is 22.6 Å². The van der Waals surface area contributed by atoms with Gasteiger partial charge >= 0.3 is 5.97 Å². The van der Waals surface area contributed by atoms with Crippen LogP contribution in [0.25, 0.3) is 0 Å². The van der Waals surface area contributed by atoms with Crippen LogP contribution in [-0.4, -0.2) is 51.8 Å². The first-order valence-corrected chi connectivity index (χ1v) is 8.15. The third-order valence-electron chi connectivity index (χ3n) is 3.97. The third kappa shape index (κ3) is 4.18. The van der Waals surface area contributed by atoms with Crippen LogP contribution in [0.15, 0.2) is 42.5 Å². The molecule has 148 valence electrons. The van der Waals surface area contributed by atoms with Gasteiger partial charge in [0.25, 0.3) is 17.5 Å². The van der Waals surface area contributed by atoms with Gasteiger partial charge in [0, 0.05) is 17.8 Å². The lowest BCUT2D eigenvalue weighted by Crippen LogP contribution is -2.37. The first-order valence-electron chi connectivity index (χ1n) is 8.15. The molecule has 0 fully saturated rings. The number of carboxylic acid groups (broad SMARTS) is 1. The molecule has 1 aliphatic rings. The molecule has 11 nitrogen and oxygen atoms in total. The fraction of sp³-hybridized carbons (Fsp3) is 0.111. The van der Waals surface area contributed by atoms with E-state index in [1.165, 1.54) is 30.3 Å². The van der Waals surface area contributed by atoms with Gasteiger partial charge < -0.3 is 15.2 Å². The summed E-state index contributed by atoms with van der Waals surface area (Å²) < 4.78 is 4.97. The number of nitrogens with zero attached hydrogens (tertiary/aromatic N) is 2. The smallest absolute Gasteiger partial charge is 0.341 e. The fourth-order valence-electron chi connectivity index (χ4n) is 2.66. The van der Waals surface area contributed by atoms with Gasteiger partial charge in [-0.05, 0) is 30.3 Å². The molecule has 0 unspecified atom stereocenters. The summed E-state index contributed by atoms with van der Waals surface area (Å²) in [6, 6.07) is 9.10. The number of aliphatic carboxylic acids is 1. The lowest BCUT2D eigenvalue weighted by atomic mass is 10.1. The highest BCUT2D eigenvalue weighted by molar-refractivity contribution is 6.23. The lowest BCUT2D eigenvalue weighted by Gasteiger charge is -2.13. The number of nitro groups is 1. The number of fused-ring (bicyclic) bond motifs is 1. The second kappa shape index (κ2) is 7.76. The summed E-state index contributed by atoms with van der Waals surface area (Å²) in [5.41, 5.74) is -0.128. The average molecular weight is 399 g/mol. The van der Waals surface area contributed by atoms with Crippen molar-refractivity contribution in [2.75, 3.05) is 18.5 Å². The molecule has 1 heterocycles. The maximum Gasteiger partial charge on any atom is 0.341 e. The van der Waals surface area contributed by atoms with E-state index in [9.17, 15) is 29.3 Å². The Morgan fingerprint density at radius 2 is 1.72 bits per heavy atom. The molecule has 0 bridgehead atoms. The van der Waals surface area contributed by atoms with E-state index in [0.29, 0.717) is 10.6 Å². The molecule has 2 aromatic rings. The predicted molar refractivity (Wildman–Crippen MR) is 96.7 cm³/mol. The van der Waals surface area contributed by atoms with Crippen LogP contribution in [0.5, 0.6) is 5.75 Å². The maximum absolute atomic E-state index is 12.4. The number of hydrogen-bond donors (Lipinski definition) is 2. The first-order chi connectivity index (χ1) is 13.8. The summed E-state index contributed by atoms with van der Waals surface area (Å²) in [5.74, 6) is -3.01. The van der Waals surface area contributed by atoms with Gasteiger partial charge in [-0.15, -0.1) is 0 Å². The lowest BCUT2D eigenvalue weighted by molar-refractivity contribution is -0.384. The van der Waals surface area contributed by atoms with Crippen LogP contribution in [0.4, 0.5) is 11.4 Å². The molecule has 0 saturated heterocycles. The number of carbonyl (C=O) groups is 4. The van der Waals surface area contributed by atoms with Crippen molar-refractivity contribution in [3.05, 3.63) is 63.7 Å². The van der Waals surface area contributed by atoms with E-state index in [1.807, 2.05) is 0 Å². The SMILES string of the molecule is O=C(O)COc1ccc(NC(=O)CN2C(=O)c3ccc([N+](=O)[O-])cc3C2=O)cc1. The van der Waals surface area contributed by atoms with E-state index in [4.69, 9.17) is 9.84 Å². The largest absolute Gasteiger partial charge is 0.482 e. The second-order valence-corrected chi connectivity index (χ2v) is 5.94. The summed E-state index contributed by atoms with van der Waals surface area (Å²) in [5, 5.41) is 21.9. The van der Waals surface area contributed by atoms with Crippen LogP contribution in [-0.2, 0) is 9.59 Å². The number of benzene rings is 2. The van der Waals surface area contributed by atoms with Gasteiger partial charge in [-0.25, -0.2) is 4.79 Å². The van der Waals surface area contributed by atoms with Gasteiger partial charge in [0.15, 0.2) is 6.61 Å². The minimum Gasteiger partial charge on any atom is -0.482 e. The van der Waals surface area contributed by atoms with E-state index in [0.717, 1.165) is 12.1 Å². The Morgan fingerprint density at radius 3 is 2.34 bits per heavy atom. The Hall–Kier alpha value is -4.28. The van der Waals surface area contributed by atoms with Crippen molar-refractivity contribution in [2.45, 2.75) is 0 Å². The first kappa shape index (κ1) is 19.5. The molecule has 11 heteroatoms. The number of ether oxygens (including phenoxy) is 1. The third-order valence-corrected chi connectivity index (χ3v) is 3.97. The number of amides is 3. The predicted octanol–water partition coefficient (Wildman–Crippen LogP) is 1.29. The highest BCUT2D eigenvalue weighted by Gasteiger charge is 2.37. The zero-order valence-corrected chi connectivity index (χ0v) is 14.7. The number of imide groups is 1. The van der Waals surface area contributed by atoms with E-state index < -0.39 is 41.8 Å². The molecular formula is C18H13N3O8. The summed E-state index contributed by atoms with van der Waals surface area (Å²) in [4.78, 5) is 58.3. The van der Waals surface area contributed by atoms with Crippen LogP contribution < -0.4 is 10.1 Å². The second-order valence-electron chi connectivity index (χ2n) is 5.94.